The van der Waals surface area contributed by atoms with Crippen LogP contribution in [0.25, 0.3) is 0 Å². The number of carbonyl (C=O) groups is 2. The van der Waals surface area contributed by atoms with Gasteiger partial charge in [0.1, 0.15) is 11.6 Å². The lowest BCUT2D eigenvalue weighted by molar-refractivity contribution is 0.0947. The first-order valence-electron chi connectivity index (χ1n) is 7.94. The van der Waals surface area contributed by atoms with E-state index < -0.39 is 0 Å². The summed E-state index contributed by atoms with van der Waals surface area (Å²) < 4.78 is 14.6. The van der Waals surface area contributed by atoms with Gasteiger partial charge in [0.05, 0.1) is 4.88 Å². The summed E-state index contributed by atoms with van der Waals surface area (Å²) in [7, 11) is 1.65. The molecule has 2 heterocycles. The Morgan fingerprint density at radius 2 is 2.04 bits per heavy atom. The molecule has 0 fully saturated rings. The van der Waals surface area contributed by atoms with Crippen molar-refractivity contribution in [3.63, 3.8) is 0 Å². The summed E-state index contributed by atoms with van der Waals surface area (Å²) in [4.78, 5) is 24.9. The quantitative estimate of drug-likeness (QED) is 0.699. The fourth-order valence-electron chi connectivity index (χ4n) is 2.38. The van der Waals surface area contributed by atoms with Crippen LogP contribution < -0.4 is 10.6 Å². The molecule has 0 saturated heterocycles. The number of halogens is 1. The van der Waals surface area contributed by atoms with Gasteiger partial charge in [-0.1, -0.05) is 18.2 Å². The molecule has 134 valence electrons. The third-order valence-corrected chi connectivity index (χ3v) is 4.56. The highest BCUT2D eigenvalue weighted by molar-refractivity contribution is 7.12. The highest BCUT2D eigenvalue weighted by atomic mass is 32.1. The Hall–Kier alpha value is -3.00. The van der Waals surface area contributed by atoms with Crippen LogP contribution in [0.4, 0.5) is 10.2 Å². The molecule has 0 aliphatic heterocycles. The van der Waals surface area contributed by atoms with Gasteiger partial charge in [0, 0.05) is 19.7 Å². The smallest absolute Gasteiger partial charge is 0.271 e. The number of aryl methyl sites for hydroxylation is 1. The number of aromatic nitrogens is 2. The molecule has 2 aromatic heterocycles. The van der Waals surface area contributed by atoms with E-state index in [-0.39, 0.29) is 23.3 Å². The second-order valence-corrected chi connectivity index (χ2v) is 6.55. The number of benzene rings is 1. The van der Waals surface area contributed by atoms with Crippen LogP contribution in [0.2, 0.25) is 0 Å². The summed E-state index contributed by atoms with van der Waals surface area (Å²) in [5, 5.41) is 11.4. The minimum atomic E-state index is -0.353. The Balaban J connectivity index is 1.57. The van der Waals surface area contributed by atoms with E-state index in [1.165, 1.54) is 34.2 Å². The first-order chi connectivity index (χ1) is 12.5. The van der Waals surface area contributed by atoms with E-state index in [0.29, 0.717) is 23.7 Å². The molecule has 0 radical (unpaired) electrons. The van der Waals surface area contributed by atoms with Gasteiger partial charge in [0.15, 0.2) is 5.69 Å². The highest BCUT2D eigenvalue weighted by Gasteiger charge is 2.15. The largest absolute Gasteiger partial charge is 0.350 e. The molecule has 26 heavy (non-hydrogen) atoms. The lowest BCUT2D eigenvalue weighted by Gasteiger charge is -2.03. The van der Waals surface area contributed by atoms with Crippen LogP contribution in [0, 0.1) is 5.82 Å². The van der Waals surface area contributed by atoms with Crippen LogP contribution in [0.1, 0.15) is 25.7 Å². The lowest BCUT2D eigenvalue weighted by atomic mass is 10.1. The predicted molar refractivity (Wildman–Crippen MR) is 97.9 cm³/mol. The van der Waals surface area contributed by atoms with Crippen molar-refractivity contribution in [1.82, 2.24) is 15.1 Å². The maximum absolute atomic E-state index is 13.1. The van der Waals surface area contributed by atoms with Gasteiger partial charge in [-0.25, -0.2) is 4.39 Å². The molecule has 0 unspecified atom stereocenters. The third-order valence-electron chi connectivity index (χ3n) is 3.69. The van der Waals surface area contributed by atoms with E-state index in [4.69, 9.17) is 0 Å². The molecule has 2 amide bonds. The molecule has 6 nitrogen and oxygen atoms in total. The Labute approximate surface area is 153 Å². The Bertz CT molecular complexity index is 921. The van der Waals surface area contributed by atoms with Crippen molar-refractivity contribution in [2.24, 2.45) is 7.05 Å². The number of thiophene rings is 1. The highest BCUT2D eigenvalue weighted by Crippen LogP contribution is 2.14. The van der Waals surface area contributed by atoms with Crippen molar-refractivity contribution < 1.29 is 14.0 Å². The number of nitrogens with one attached hydrogen (secondary N) is 2. The van der Waals surface area contributed by atoms with E-state index >= 15 is 0 Å². The number of rotatable bonds is 6. The van der Waals surface area contributed by atoms with Gasteiger partial charge < -0.3 is 10.6 Å². The molecule has 1 aromatic carbocycles. The first kappa shape index (κ1) is 17.8. The molecular weight excluding hydrogens is 355 g/mol. The molecule has 3 rings (SSSR count). The van der Waals surface area contributed by atoms with Crippen molar-refractivity contribution in [2.45, 2.75) is 6.42 Å². The predicted octanol–water partition coefficient (Wildman–Crippen LogP) is 2.85. The average molecular weight is 372 g/mol. The number of nitrogens with zero attached hydrogens (tertiary/aromatic N) is 2. The molecule has 0 saturated carbocycles. The number of anilines is 1. The minimum Gasteiger partial charge on any atom is -0.350 e. The molecule has 0 atom stereocenters. The summed E-state index contributed by atoms with van der Waals surface area (Å²) in [5.41, 5.74) is 1.00. The van der Waals surface area contributed by atoms with Crippen LogP contribution in [0.5, 0.6) is 0 Å². The summed E-state index contributed by atoms with van der Waals surface area (Å²) in [6, 6.07) is 11.3. The number of hydrogen-bond acceptors (Lipinski definition) is 4. The van der Waals surface area contributed by atoms with Crippen LogP contribution in [-0.2, 0) is 13.5 Å². The molecule has 0 bridgehead atoms. The number of carbonyl (C=O) groups excluding carboxylic acids is 2. The second-order valence-electron chi connectivity index (χ2n) is 5.61. The fourth-order valence-corrected chi connectivity index (χ4v) is 3.00. The summed E-state index contributed by atoms with van der Waals surface area (Å²) >= 11 is 1.33. The van der Waals surface area contributed by atoms with E-state index in [9.17, 15) is 14.0 Å². The monoisotopic (exact) mass is 372 g/mol. The summed E-state index contributed by atoms with van der Waals surface area (Å²) in [6.45, 7) is 0.357. The SMILES string of the molecule is Cn1nc(C(=O)NCCc2cccc(F)c2)cc1NC(=O)c1cccs1. The van der Waals surface area contributed by atoms with E-state index in [0.717, 1.165) is 5.56 Å². The standard InChI is InChI=1S/C18H17FN4O2S/c1-23-16(21-18(25)15-6-3-9-26-15)11-14(22-23)17(24)20-8-7-12-4-2-5-13(19)10-12/h2-6,9-11H,7-8H2,1H3,(H,20,24)(H,21,25). The molecule has 3 aromatic rings. The van der Waals surface area contributed by atoms with Gasteiger partial charge in [-0.05, 0) is 35.6 Å². The minimum absolute atomic E-state index is 0.202. The zero-order valence-corrected chi connectivity index (χ0v) is 14.8. The van der Waals surface area contributed by atoms with Crippen molar-refractivity contribution >= 4 is 29.0 Å². The Kier molecular flexibility index (Phi) is 5.43. The van der Waals surface area contributed by atoms with Gasteiger partial charge >= 0.3 is 0 Å². The fraction of sp³-hybridized carbons (Fsp3) is 0.167. The van der Waals surface area contributed by atoms with Crippen molar-refractivity contribution in [3.05, 3.63) is 69.8 Å². The van der Waals surface area contributed by atoms with Crippen molar-refractivity contribution in [1.29, 1.82) is 0 Å². The molecule has 0 spiro atoms. The van der Waals surface area contributed by atoms with E-state index in [1.54, 1.807) is 31.3 Å². The van der Waals surface area contributed by atoms with Crippen LogP contribution in [0.3, 0.4) is 0 Å². The number of hydrogen-bond donors (Lipinski definition) is 2. The zero-order chi connectivity index (χ0) is 18.5. The first-order valence-corrected chi connectivity index (χ1v) is 8.82. The molecule has 0 aliphatic carbocycles. The average Bonchev–Trinajstić information content (AvgIpc) is 3.25. The van der Waals surface area contributed by atoms with Gasteiger partial charge in [-0.2, -0.15) is 5.10 Å². The van der Waals surface area contributed by atoms with Crippen LogP contribution >= 0.6 is 11.3 Å². The van der Waals surface area contributed by atoms with Gasteiger partial charge in [0.25, 0.3) is 11.8 Å². The van der Waals surface area contributed by atoms with Crippen LogP contribution in [-0.4, -0.2) is 28.1 Å². The van der Waals surface area contributed by atoms with Gasteiger partial charge in [0.2, 0.25) is 0 Å². The summed E-state index contributed by atoms with van der Waals surface area (Å²) in [6.07, 6.45) is 0.512. The maximum atomic E-state index is 13.1. The lowest BCUT2D eigenvalue weighted by Crippen LogP contribution is -2.26. The molecular formula is C18H17FN4O2S. The van der Waals surface area contributed by atoms with Gasteiger partial charge in [-0.15, -0.1) is 11.3 Å². The van der Waals surface area contributed by atoms with Crippen LogP contribution in [0.15, 0.2) is 47.8 Å². The third kappa shape index (κ3) is 4.34. The second kappa shape index (κ2) is 7.92. The normalized spacial score (nSPS) is 10.5. The summed E-state index contributed by atoms with van der Waals surface area (Å²) in [5.74, 6) is -0.474. The number of amides is 2. The van der Waals surface area contributed by atoms with Crippen molar-refractivity contribution in [3.8, 4) is 0 Å². The van der Waals surface area contributed by atoms with Crippen molar-refractivity contribution in [2.75, 3.05) is 11.9 Å². The van der Waals surface area contributed by atoms with E-state index in [1.807, 2.05) is 5.38 Å². The maximum Gasteiger partial charge on any atom is 0.271 e. The Morgan fingerprint density at radius 1 is 1.19 bits per heavy atom. The zero-order valence-electron chi connectivity index (χ0n) is 14.0. The topological polar surface area (TPSA) is 76.0 Å². The molecule has 2 N–H and O–H groups in total. The molecule has 8 heteroatoms. The van der Waals surface area contributed by atoms with Gasteiger partial charge in [-0.3, -0.25) is 14.3 Å². The van der Waals surface area contributed by atoms with E-state index in [2.05, 4.69) is 15.7 Å². The Morgan fingerprint density at radius 3 is 2.77 bits per heavy atom. The molecule has 0 aliphatic rings.